The SMILES string of the molecule is CCONCc1sc(C)nc1C. The number of thiazole rings is 1. The zero-order chi connectivity index (χ0) is 8.97. The van der Waals surface area contributed by atoms with E-state index in [0.29, 0.717) is 6.61 Å². The van der Waals surface area contributed by atoms with E-state index in [2.05, 4.69) is 10.5 Å². The highest BCUT2D eigenvalue weighted by Crippen LogP contribution is 2.16. The van der Waals surface area contributed by atoms with E-state index in [1.54, 1.807) is 11.3 Å². The van der Waals surface area contributed by atoms with E-state index in [9.17, 15) is 0 Å². The quantitative estimate of drug-likeness (QED) is 0.575. The topological polar surface area (TPSA) is 34.1 Å². The van der Waals surface area contributed by atoms with E-state index < -0.39 is 0 Å². The second-order valence-corrected chi connectivity index (χ2v) is 3.78. The third kappa shape index (κ3) is 2.55. The van der Waals surface area contributed by atoms with Crippen LogP contribution in [-0.2, 0) is 11.4 Å². The van der Waals surface area contributed by atoms with Crippen LogP contribution in [0.2, 0.25) is 0 Å². The Morgan fingerprint density at radius 3 is 2.75 bits per heavy atom. The van der Waals surface area contributed by atoms with E-state index in [4.69, 9.17) is 4.84 Å². The fourth-order valence-electron chi connectivity index (χ4n) is 0.956. The predicted octanol–water partition coefficient (Wildman–Crippen LogP) is 1.80. The summed E-state index contributed by atoms with van der Waals surface area (Å²) in [6.07, 6.45) is 0. The van der Waals surface area contributed by atoms with E-state index in [1.807, 2.05) is 20.8 Å². The Morgan fingerprint density at radius 2 is 2.25 bits per heavy atom. The molecule has 68 valence electrons. The Hall–Kier alpha value is -0.450. The fourth-order valence-corrected chi connectivity index (χ4v) is 1.82. The van der Waals surface area contributed by atoms with Gasteiger partial charge in [0.25, 0.3) is 0 Å². The molecule has 0 bridgehead atoms. The molecule has 0 atom stereocenters. The molecule has 12 heavy (non-hydrogen) atoms. The number of nitrogens with zero attached hydrogens (tertiary/aromatic N) is 1. The molecule has 3 nitrogen and oxygen atoms in total. The third-order valence-corrected chi connectivity index (χ3v) is 2.55. The Labute approximate surface area is 76.7 Å². The molecule has 0 saturated carbocycles. The molecule has 1 rings (SSSR count). The molecule has 1 aromatic heterocycles. The molecule has 0 saturated heterocycles. The Bertz CT molecular complexity index is 247. The van der Waals surface area contributed by atoms with Gasteiger partial charge in [-0.25, -0.2) is 4.98 Å². The molecule has 0 unspecified atom stereocenters. The second kappa shape index (κ2) is 4.54. The first-order valence-corrected chi connectivity index (χ1v) is 4.83. The number of nitrogens with one attached hydrogen (secondary N) is 1. The van der Waals surface area contributed by atoms with Crippen LogP contribution < -0.4 is 5.48 Å². The zero-order valence-corrected chi connectivity index (χ0v) is 8.49. The molecule has 0 spiro atoms. The molecule has 1 aromatic rings. The lowest BCUT2D eigenvalue weighted by molar-refractivity contribution is 0.0468. The number of rotatable bonds is 4. The molecule has 1 N–H and O–H groups in total. The number of hydroxylamine groups is 1. The summed E-state index contributed by atoms with van der Waals surface area (Å²) in [5.74, 6) is 0. The van der Waals surface area contributed by atoms with E-state index >= 15 is 0 Å². The lowest BCUT2D eigenvalue weighted by Gasteiger charge is -2.00. The summed E-state index contributed by atoms with van der Waals surface area (Å²) in [6.45, 7) is 7.44. The maximum absolute atomic E-state index is 5.03. The molecular formula is C8H14N2OS. The van der Waals surface area contributed by atoms with Crippen LogP contribution in [0.1, 0.15) is 22.5 Å². The van der Waals surface area contributed by atoms with Gasteiger partial charge >= 0.3 is 0 Å². The van der Waals surface area contributed by atoms with Crippen molar-refractivity contribution in [2.45, 2.75) is 27.3 Å². The Morgan fingerprint density at radius 1 is 1.50 bits per heavy atom. The summed E-state index contributed by atoms with van der Waals surface area (Å²) in [5, 5.41) is 1.11. The van der Waals surface area contributed by atoms with Crippen molar-refractivity contribution in [2.75, 3.05) is 6.61 Å². The van der Waals surface area contributed by atoms with Crippen molar-refractivity contribution in [2.24, 2.45) is 0 Å². The van der Waals surface area contributed by atoms with Crippen LogP contribution in [0.25, 0.3) is 0 Å². The van der Waals surface area contributed by atoms with E-state index in [1.165, 1.54) is 4.88 Å². The maximum Gasteiger partial charge on any atom is 0.0900 e. The Kier molecular flexibility index (Phi) is 3.65. The van der Waals surface area contributed by atoms with Gasteiger partial charge in [-0.3, -0.25) is 0 Å². The van der Waals surface area contributed by atoms with Crippen molar-refractivity contribution >= 4 is 11.3 Å². The van der Waals surface area contributed by atoms with Crippen molar-refractivity contribution in [3.8, 4) is 0 Å². The van der Waals surface area contributed by atoms with Crippen LogP contribution in [0.4, 0.5) is 0 Å². The summed E-state index contributed by atoms with van der Waals surface area (Å²) in [4.78, 5) is 10.6. The first-order chi connectivity index (χ1) is 5.74. The standard InChI is InChI=1S/C8H14N2OS/c1-4-11-9-5-8-6(2)10-7(3)12-8/h9H,4-5H2,1-3H3. The summed E-state index contributed by atoms with van der Waals surface area (Å²) in [7, 11) is 0. The van der Waals surface area contributed by atoms with Crippen LogP contribution in [0.3, 0.4) is 0 Å². The van der Waals surface area contributed by atoms with Gasteiger partial charge in [0.15, 0.2) is 0 Å². The summed E-state index contributed by atoms with van der Waals surface area (Å²) in [6, 6.07) is 0. The second-order valence-electron chi connectivity index (χ2n) is 2.50. The summed E-state index contributed by atoms with van der Waals surface area (Å²) >= 11 is 1.71. The van der Waals surface area contributed by atoms with Crippen LogP contribution in [0.5, 0.6) is 0 Å². The zero-order valence-electron chi connectivity index (χ0n) is 7.68. The first kappa shape index (κ1) is 9.64. The molecule has 0 amide bonds. The highest BCUT2D eigenvalue weighted by Gasteiger charge is 2.02. The lowest BCUT2D eigenvalue weighted by atomic mass is 10.4. The van der Waals surface area contributed by atoms with Gasteiger partial charge in [0.1, 0.15) is 0 Å². The van der Waals surface area contributed by atoms with Gasteiger partial charge in [-0.1, -0.05) is 0 Å². The van der Waals surface area contributed by atoms with Crippen molar-refractivity contribution in [1.82, 2.24) is 10.5 Å². The third-order valence-electron chi connectivity index (χ3n) is 1.48. The molecule has 4 heteroatoms. The minimum absolute atomic E-state index is 0.691. The Balaban J connectivity index is 2.45. The molecule has 0 aromatic carbocycles. The first-order valence-electron chi connectivity index (χ1n) is 4.01. The molecule has 0 aliphatic heterocycles. The lowest BCUT2D eigenvalue weighted by Crippen LogP contribution is -2.13. The normalized spacial score (nSPS) is 10.6. The molecule has 0 radical (unpaired) electrons. The highest BCUT2D eigenvalue weighted by atomic mass is 32.1. The minimum Gasteiger partial charge on any atom is -0.302 e. The maximum atomic E-state index is 5.03. The highest BCUT2D eigenvalue weighted by molar-refractivity contribution is 7.11. The van der Waals surface area contributed by atoms with Crippen molar-refractivity contribution in [3.05, 3.63) is 15.6 Å². The predicted molar refractivity (Wildman–Crippen MR) is 50.1 cm³/mol. The average molecular weight is 186 g/mol. The fraction of sp³-hybridized carbons (Fsp3) is 0.625. The number of aryl methyl sites for hydroxylation is 2. The summed E-state index contributed by atoms with van der Waals surface area (Å²) < 4.78 is 0. The van der Waals surface area contributed by atoms with E-state index in [0.717, 1.165) is 17.2 Å². The summed E-state index contributed by atoms with van der Waals surface area (Å²) in [5.41, 5.74) is 3.98. The van der Waals surface area contributed by atoms with Crippen molar-refractivity contribution in [3.63, 3.8) is 0 Å². The van der Waals surface area contributed by atoms with Gasteiger partial charge in [-0.05, 0) is 20.8 Å². The number of aromatic nitrogens is 1. The number of hydrogen-bond acceptors (Lipinski definition) is 4. The smallest absolute Gasteiger partial charge is 0.0900 e. The molecule has 0 aliphatic carbocycles. The van der Waals surface area contributed by atoms with Crippen LogP contribution in [-0.4, -0.2) is 11.6 Å². The average Bonchev–Trinajstić information content (AvgIpc) is 2.31. The molecule has 0 fully saturated rings. The van der Waals surface area contributed by atoms with Crippen molar-refractivity contribution in [1.29, 1.82) is 0 Å². The van der Waals surface area contributed by atoms with Gasteiger partial charge < -0.3 is 4.84 Å². The van der Waals surface area contributed by atoms with Crippen LogP contribution >= 0.6 is 11.3 Å². The van der Waals surface area contributed by atoms with Crippen LogP contribution in [0, 0.1) is 13.8 Å². The van der Waals surface area contributed by atoms with Gasteiger partial charge in [0.05, 0.1) is 23.9 Å². The van der Waals surface area contributed by atoms with Gasteiger partial charge in [0.2, 0.25) is 0 Å². The van der Waals surface area contributed by atoms with Crippen LogP contribution in [0.15, 0.2) is 0 Å². The van der Waals surface area contributed by atoms with E-state index in [-0.39, 0.29) is 0 Å². The minimum atomic E-state index is 0.691. The van der Waals surface area contributed by atoms with Gasteiger partial charge in [-0.15, -0.1) is 11.3 Å². The van der Waals surface area contributed by atoms with Gasteiger partial charge in [-0.2, -0.15) is 5.48 Å². The largest absolute Gasteiger partial charge is 0.302 e. The van der Waals surface area contributed by atoms with Gasteiger partial charge in [0, 0.05) is 4.88 Å². The monoisotopic (exact) mass is 186 g/mol. The van der Waals surface area contributed by atoms with Crippen molar-refractivity contribution < 1.29 is 4.84 Å². The number of hydrogen-bond donors (Lipinski definition) is 1. The molecule has 0 aliphatic rings. The molecular weight excluding hydrogens is 172 g/mol. The molecule has 1 heterocycles.